The Hall–Kier alpha value is -1.56. The maximum Gasteiger partial charge on any atom is 0.261 e. The number of H-pyrrole nitrogens is 1. The van der Waals surface area contributed by atoms with E-state index in [9.17, 15) is 0 Å². The number of aromatic nitrogens is 4. The molecular formula is C9H14N6. The van der Waals surface area contributed by atoms with Gasteiger partial charge in [0.15, 0.2) is 5.65 Å². The second-order valence-corrected chi connectivity index (χ2v) is 4.14. The van der Waals surface area contributed by atoms with Gasteiger partial charge in [0.05, 0.1) is 0 Å². The molecular weight excluding hydrogens is 192 g/mol. The van der Waals surface area contributed by atoms with Crippen LogP contribution in [0.25, 0.3) is 5.65 Å². The summed E-state index contributed by atoms with van der Waals surface area (Å²) in [6.07, 6.45) is 2.98. The number of hydrogen-bond donors (Lipinski definition) is 2. The van der Waals surface area contributed by atoms with Gasteiger partial charge in [-0.1, -0.05) is 0 Å². The number of anilines is 1. The van der Waals surface area contributed by atoms with E-state index in [1.54, 1.807) is 0 Å². The van der Waals surface area contributed by atoms with E-state index in [4.69, 9.17) is 0 Å². The molecule has 6 nitrogen and oxygen atoms in total. The molecule has 2 aromatic rings. The van der Waals surface area contributed by atoms with Gasteiger partial charge >= 0.3 is 0 Å². The summed E-state index contributed by atoms with van der Waals surface area (Å²) < 4.78 is 1.88. The van der Waals surface area contributed by atoms with Crippen LogP contribution in [0.3, 0.4) is 0 Å². The molecule has 2 N–H and O–H groups in total. The number of hydrogen-bond acceptors (Lipinski definition) is 4. The number of aromatic amines is 1. The zero-order chi connectivity index (χ0) is 10.4. The standard InChI is InChI=1S/C9H14N6/c1-6-5-7(2)14(13-6)9-12-11-8-3-4-10-15(8)9/h3-4,6-7,10,13H,5H2,1-2H3. The number of nitrogens with one attached hydrogen (secondary N) is 2. The Morgan fingerprint density at radius 2 is 2.27 bits per heavy atom. The zero-order valence-corrected chi connectivity index (χ0v) is 8.81. The average molecular weight is 206 g/mol. The van der Waals surface area contributed by atoms with Crippen molar-refractivity contribution < 1.29 is 0 Å². The summed E-state index contributed by atoms with van der Waals surface area (Å²) in [5.41, 5.74) is 4.22. The third-order valence-electron chi connectivity index (χ3n) is 2.82. The van der Waals surface area contributed by atoms with E-state index in [1.807, 2.05) is 16.8 Å². The minimum atomic E-state index is 0.440. The van der Waals surface area contributed by atoms with Crippen LogP contribution in [0.1, 0.15) is 20.3 Å². The first-order valence-corrected chi connectivity index (χ1v) is 5.19. The Morgan fingerprint density at radius 1 is 1.40 bits per heavy atom. The van der Waals surface area contributed by atoms with Crippen molar-refractivity contribution >= 4 is 11.6 Å². The Balaban J connectivity index is 2.03. The SMILES string of the molecule is CC1CC(C)N(c2nnc3cc[nH]n23)N1. The third kappa shape index (κ3) is 1.21. The summed E-state index contributed by atoms with van der Waals surface area (Å²) in [5.74, 6) is 0.826. The number of hydrazine groups is 1. The van der Waals surface area contributed by atoms with Gasteiger partial charge in [0.1, 0.15) is 0 Å². The smallest absolute Gasteiger partial charge is 0.261 e. The molecule has 1 aliphatic heterocycles. The van der Waals surface area contributed by atoms with Crippen molar-refractivity contribution in [3.8, 4) is 0 Å². The maximum atomic E-state index is 4.17. The molecule has 0 radical (unpaired) electrons. The van der Waals surface area contributed by atoms with Gasteiger partial charge in [0.25, 0.3) is 5.95 Å². The molecule has 0 aromatic carbocycles. The predicted octanol–water partition coefficient (Wildman–Crippen LogP) is 0.549. The maximum absolute atomic E-state index is 4.17. The van der Waals surface area contributed by atoms with Crippen LogP contribution in [0, 0.1) is 0 Å². The molecule has 2 aromatic heterocycles. The fourth-order valence-corrected chi connectivity index (χ4v) is 2.15. The molecule has 2 atom stereocenters. The van der Waals surface area contributed by atoms with Crippen LogP contribution in [0.15, 0.2) is 12.3 Å². The molecule has 0 aliphatic carbocycles. The average Bonchev–Trinajstić information content (AvgIpc) is 2.80. The van der Waals surface area contributed by atoms with Gasteiger partial charge in [-0.3, -0.25) is 10.1 Å². The Kier molecular flexibility index (Phi) is 1.72. The first kappa shape index (κ1) is 8.72. The van der Waals surface area contributed by atoms with Crippen molar-refractivity contribution in [3.05, 3.63) is 12.3 Å². The van der Waals surface area contributed by atoms with E-state index < -0.39 is 0 Å². The highest BCUT2D eigenvalue weighted by Gasteiger charge is 2.29. The molecule has 3 heterocycles. The summed E-state index contributed by atoms with van der Waals surface area (Å²) in [6.45, 7) is 4.35. The van der Waals surface area contributed by atoms with Gasteiger partial charge in [0, 0.05) is 24.3 Å². The molecule has 2 unspecified atom stereocenters. The van der Waals surface area contributed by atoms with Crippen molar-refractivity contribution in [2.75, 3.05) is 5.01 Å². The van der Waals surface area contributed by atoms with Crippen LogP contribution in [-0.4, -0.2) is 31.9 Å². The van der Waals surface area contributed by atoms with Crippen molar-refractivity contribution in [1.29, 1.82) is 0 Å². The lowest BCUT2D eigenvalue weighted by molar-refractivity contribution is 0.623. The second-order valence-electron chi connectivity index (χ2n) is 4.14. The second kappa shape index (κ2) is 2.96. The fraction of sp³-hybridized carbons (Fsp3) is 0.556. The van der Waals surface area contributed by atoms with Crippen molar-refractivity contribution in [2.24, 2.45) is 0 Å². The zero-order valence-electron chi connectivity index (χ0n) is 8.81. The first-order valence-electron chi connectivity index (χ1n) is 5.19. The lowest BCUT2D eigenvalue weighted by atomic mass is 10.2. The monoisotopic (exact) mass is 206 g/mol. The topological polar surface area (TPSA) is 61.2 Å². The molecule has 3 rings (SSSR count). The van der Waals surface area contributed by atoms with E-state index >= 15 is 0 Å². The lowest BCUT2D eigenvalue weighted by Gasteiger charge is -2.20. The first-order chi connectivity index (χ1) is 7.25. The quantitative estimate of drug-likeness (QED) is 0.715. The van der Waals surface area contributed by atoms with Gasteiger partial charge < -0.3 is 0 Å². The number of fused-ring (bicyclic) bond motifs is 1. The third-order valence-corrected chi connectivity index (χ3v) is 2.82. The number of rotatable bonds is 1. The van der Waals surface area contributed by atoms with Gasteiger partial charge in [-0.05, 0) is 20.3 Å². The van der Waals surface area contributed by atoms with Crippen molar-refractivity contribution in [3.63, 3.8) is 0 Å². The van der Waals surface area contributed by atoms with Crippen molar-refractivity contribution in [1.82, 2.24) is 25.2 Å². The van der Waals surface area contributed by atoms with E-state index in [0.29, 0.717) is 12.1 Å². The molecule has 0 amide bonds. The van der Waals surface area contributed by atoms with E-state index in [0.717, 1.165) is 18.0 Å². The lowest BCUT2D eigenvalue weighted by Crippen LogP contribution is -2.39. The summed E-state index contributed by atoms with van der Waals surface area (Å²) in [7, 11) is 0. The number of nitrogens with zero attached hydrogens (tertiary/aromatic N) is 4. The van der Waals surface area contributed by atoms with Crippen LogP contribution in [0.2, 0.25) is 0 Å². The Labute approximate surface area is 87.2 Å². The summed E-state index contributed by atoms with van der Waals surface area (Å²) in [6, 6.07) is 2.83. The molecule has 0 bridgehead atoms. The molecule has 80 valence electrons. The minimum absolute atomic E-state index is 0.440. The van der Waals surface area contributed by atoms with E-state index in [1.165, 1.54) is 0 Å². The van der Waals surface area contributed by atoms with Gasteiger partial charge in [-0.2, -0.15) is 0 Å². The van der Waals surface area contributed by atoms with Crippen LogP contribution in [0.5, 0.6) is 0 Å². The predicted molar refractivity (Wildman–Crippen MR) is 56.5 cm³/mol. The minimum Gasteiger partial charge on any atom is -0.297 e. The summed E-state index contributed by atoms with van der Waals surface area (Å²) in [4.78, 5) is 0. The van der Waals surface area contributed by atoms with Gasteiger partial charge in [-0.25, -0.2) is 9.94 Å². The molecule has 1 fully saturated rings. The van der Waals surface area contributed by atoms with Crippen molar-refractivity contribution in [2.45, 2.75) is 32.4 Å². The van der Waals surface area contributed by atoms with Gasteiger partial charge in [0.2, 0.25) is 0 Å². The molecule has 1 saturated heterocycles. The molecule has 15 heavy (non-hydrogen) atoms. The van der Waals surface area contributed by atoms with E-state index in [2.05, 4.69) is 39.6 Å². The summed E-state index contributed by atoms with van der Waals surface area (Å²) in [5, 5.41) is 13.4. The highest BCUT2D eigenvalue weighted by molar-refractivity contribution is 5.45. The summed E-state index contributed by atoms with van der Waals surface area (Å²) >= 11 is 0. The van der Waals surface area contributed by atoms with Crippen LogP contribution in [-0.2, 0) is 0 Å². The fourth-order valence-electron chi connectivity index (χ4n) is 2.15. The Bertz CT molecular complexity index is 472. The molecule has 6 heteroatoms. The largest absolute Gasteiger partial charge is 0.297 e. The highest BCUT2D eigenvalue weighted by Crippen LogP contribution is 2.20. The van der Waals surface area contributed by atoms with Crippen LogP contribution in [0.4, 0.5) is 5.95 Å². The van der Waals surface area contributed by atoms with Crippen LogP contribution >= 0.6 is 0 Å². The molecule has 0 saturated carbocycles. The Morgan fingerprint density at radius 3 is 3.00 bits per heavy atom. The van der Waals surface area contributed by atoms with Gasteiger partial charge in [-0.15, -0.1) is 10.2 Å². The molecule has 1 aliphatic rings. The highest BCUT2D eigenvalue weighted by atomic mass is 15.6. The normalized spacial score (nSPS) is 26.7. The van der Waals surface area contributed by atoms with Crippen LogP contribution < -0.4 is 10.4 Å². The van der Waals surface area contributed by atoms with E-state index in [-0.39, 0.29) is 0 Å². The molecule has 0 spiro atoms.